The van der Waals surface area contributed by atoms with Gasteiger partial charge < -0.3 is 19.7 Å². The number of likely N-dealkylation sites (N-methyl/N-ethyl adjacent to an activating group) is 1. The summed E-state index contributed by atoms with van der Waals surface area (Å²) in [4.78, 5) is 23.0. The summed E-state index contributed by atoms with van der Waals surface area (Å²) in [7, 11) is 3.39. The summed E-state index contributed by atoms with van der Waals surface area (Å²) >= 11 is 0. The number of hydrogen-bond donors (Lipinski definition) is 2. The monoisotopic (exact) mass is 308 g/mol. The van der Waals surface area contributed by atoms with Crippen LogP contribution in [-0.4, -0.2) is 60.1 Å². The number of aliphatic hydroxyl groups is 1. The molecule has 20 heavy (non-hydrogen) atoms. The van der Waals surface area contributed by atoms with Crippen molar-refractivity contribution in [2.75, 3.05) is 13.7 Å². The van der Waals surface area contributed by atoms with Crippen molar-refractivity contribution in [3.05, 3.63) is 12.3 Å². The van der Waals surface area contributed by atoms with E-state index in [0.29, 0.717) is 6.41 Å². The molecule has 1 heterocycles. The van der Waals surface area contributed by atoms with Crippen molar-refractivity contribution in [2.45, 2.75) is 31.0 Å². The van der Waals surface area contributed by atoms with Crippen LogP contribution < -0.4 is 5.32 Å². The summed E-state index contributed by atoms with van der Waals surface area (Å²) in [6.07, 6.45) is -1.25. The number of nitrogens with one attached hydrogen (secondary N) is 1. The van der Waals surface area contributed by atoms with Crippen molar-refractivity contribution in [2.24, 2.45) is 0 Å². The van der Waals surface area contributed by atoms with Gasteiger partial charge in [0.15, 0.2) is 11.9 Å². The normalized spacial score (nSPS) is 33.4. The first-order valence-corrected chi connectivity index (χ1v) is 6.32. The van der Waals surface area contributed by atoms with Crippen LogP contribution in [-0.2, 0) is 18.8 Å². The summed E-state index contributed by atoms with van der Waals surface area (Å²) in [5.41, 5.74) is -2.19. The lowest BCUT2D eigenvalue weighted by Gasteiger charge is -2.29. The minimum Gasteiger partial charge on any atom is -0.387 e. The third kappa shape index (κ3) is 3.52. The van der Waals surface area contributed by atoms with E-state index in [1.807, 2.05) is 9.47 Å². The van der Waals surface area contributed by atoms with Crippen LogP contribution in [0.3, 0.4) is 0 Å². The van der Waals surface area contributed by atoms with E-state index in [1.165, 1.54) is 7.05 Å². The molecule has 114 valence electrons. The van der Waals surface area contributed by atoms with Gasteiger partial charge in [-0.2, -0.15) is 0 Å². The molecule has 1 aliphatic rings. The number of rotatable bonds is 6. The highest BCUT2D eigenvalue weighted by Crippen LogP contribution is 2.36. The highest BCUT2D eigenvalue weighted by atomic mass is 31.0. The van der Waals surface area contributed by atoms with Crippen molar-refractivity contribution in [3.63, 3.8) is 0 Å². The maximum Gasteiger partial charge on any atom is 0.245 e. The fourth-order valence-electron chi connectivity index (χ4n) is 1.88. The molecule has 7 nitrogen and oxygen atoms in total. The summed E-state index contributed by atoms with van der Waals surface area (Å²) in [6.45, 7) is 1.07. The van der Waals surface area contributed by atoms with Crippen LogP contribution in [0.15, 0.2) is 12.3 Å². The molecular formula is C11H18FN2O5P. The average molecular weight is 308 g/mol. The molecule has 0 radical (unpaired) electrons. The highest BCUT2D eigenvalue weighted by Gasteiger charge is 2.55. The van der Waals surface area contributed by atoms with E-state index in [-0.39, 0.29) is 6.61 Å². The van der Waals surface area contributed by atoms with Crippen molar-refractivity contribution < 1.29 is 28.3 Å². The van der Waals surface area contributed by atoms with Gasteiger partial charge in [0.05, 0.1) is 6.61 Å². The average Bonchev–Trinajstić information content (AvgIpc) is 2.64. The van der Waals surface area contributed by atoms with Gasteiger partial charge in [-0.25, -0.2) is 4.39 Å². The van der Waals surface area contributed by atoms with Gasteiger partial charge in [-0.3, -0.25) is 14.5 Å². The van der Waals surface area contributed by atoms with Crippen molar-refractivity contribution >= 4 is 21.8 Å². The van der Waals surface area contributed by atoms with Gasteiger partial charge in [0.2, 0.25) is 12.3 Å². The Morgan fingerprint density at radius 1 is 1.70 bits per heavy atom. The van der Waals surface area contributed by atoms with Crippen LogP contribution in [0.25, 0.3) is 0 Å². The SMILES string of the molecule is CNC(=O)/C=C\N(C=O)C1OC(COP)C(O)C1(C)F. The minimum absolute atomic E-state index is 0.0479. The molecule has 5 unspecified atom stereocenters. The second-order valence-electron chi connectivity index (χ2n) is 4.44. The molecule has 2 amide bonds. The number of aliphatic hydroxyl groups excluding tert-OH is 1. The third-order valence-corrected chi connectivity index (χ3v) is 3.21. The van der Waals surface area contributed by atoms with E-state index in [1.54, 1.807) is 0 Å². The third-order valence-electron chi connectivity index (χ3n) is 3.01. The summed E-state index contributed by atoms with van der Waals surface area (Å²) in [6, 6.07) is 0. The Balaban J connectivity index is 2.89. The van der Waals surface area contributed by atoms with Gasteiger partial charge >= 0.3 is 0 Å². The molecule has 2 N–H and O–H groups in total. The molecule has 9 heteroatoms. The molecule has 0 aromatic rings. The van der Waals surface area contributed by atoms with Crippen molar-refractivity contribution in [3.8, 4) is 0 Å². The number of amides is 2. The lowest BCUT2D eigenvalue weighted by atomic mass is 9.98. The van der Waals surface area contributed by atoms with Gasteiger partial charge in [0.25, 0.3) is 0 Å². The van der Waals surface area contributed by atoms with Crippen LogP contribution >= 0.6 is 9.47 Å². The second kappa shape index (κ2) is 7.08. The molecular weight excluding hydrogens is 290 g/mol. The topological polar surface area (TPSA) is 88.1 Å². The number of halogens is 1. The van der Waals surface area contributed by atoms with E-state index in [2.05, 4.69) is 5.32 Å². The zero-order valence-corrected chi connectivity index (χ0v) is 12.3. The molecule has 0 bridgehead atoms. The second-order valence-corrected chi connectivity index (χ2v) is 4.77. The Morgan fingerprint density at radius 3 is 2.85 bits per heavy atom. The Bertz CT molecular complexity index is 393. The number of ether oxygens (including phenoxy) is 1. The highest BCUT2D eigenvalue weighted by molar-refractivity contribution is 7.09. The zero-order valence-electron chi connectivity index (χ0n) is 11.2. The largest absolute Gasteiger partial charge is 0.387 e. The van der Waals surface area contributed by atoms with Crippen LogP contribution in [0.2, 0.25) is 0 Å². The smallest absolute Gasteiger partial charge is 0.245 e. The first-order valence-electron chi connectivity index (χ1n) is 5.85. The number of nitrogens with zero attached hydrogens (tertiary/aromatic N) is 1. The number of alkyl halides is 1. The predicted molar refractivity (Wildman–Crippen MR) is 71.0 cm³/mol. The van der Waals surface area contributed by atoms with Crippen LogP contribution in [0, 0.1) is 0 Å². The molecule has 0 spiro atoms. The van der Waals surface area contributed by atoms with Gasteiger partial charge in [-0.05, 0) is 6.92 Å². The van der Waals surface area contributed by atoms with E-state index < -0.39 is 30.0 Å². The summed E-state index contributed by atoms with van der Waals surface area (Å²) in [5.74, 6) is -0.458. The maximum atomic E-state index is 14.5. The van der Waals surface area contributed by atoms with E-state index in [0.717, 1.165) is 24.1 Å². The predicted octanol–water partition coefficient (Wildman–Crippen LogP) is -0.675. The molecule has 1 rings (SSSR count). The maximum absolute atomic E-state index is 14.5. The molecule has 0 aromatic carbocycles. The van der Waals surface area contributed by atoms with Crippen molar-refractivity contribution in [1.29, 1.82) is 0 Å². The molecule has 0 saturated carbocycles. The van der Waals surface area contributed by atoms with Gasteiger partial charge in [0, 0.05) is 28.8 Å². The first kappa shape index (κ1) is 17.0. The lowest BCUT2D eigenvalue weighted by Crippen LogP contribution is -2.48. The number of hydrogen-bond acceptors (Lipinski definition) is 5. The molecule has 0 aromatic heterocycles. The minimum atomic E-state index is -2.19. The molecule has 1 fully saturated rings. The molecule has 0 aliphatic carbocycles. The Labute approximate surface area is 118 Å². The Morgan fingerprint density at radius 2 is 2.35 bits per heavy atom. The fraction of sp³-hybridized carbons (Fsp3) is 0.636. The summed E-state index contributed by atoms with van der Waals surface area (Å²) in [5, 5.41) is 12.2. The van der Waals surface area contributed by atoms with Crippen molar-refractivity contribution in [1.82, 2.24) is 10.2 Å². The zero-order chi connectivity index (χ0) is 15.3. The van der Waals surface area contributed by atoms with E-state index in [9.17, 15) is 19.1 Å². The lowest BCUT2D eigenvalue weighted by molar-refractivity contribution is -0.135. The standard InChI is InChI=1S/C11H18FN2O5P/c1-11(12)9(17)7(5-18-20)19-10(11)14(6-15)4-3-8(16)13-2/h3-4,6-7,9-10,17H,5,20H2,1-2H3,(H,13,16)/b4-3-. The molecule has 1 saturated heterocycles. The Kier molecular flexibility index (Phi) is 6.01. The number of carbonyl (C=O) groups excluding carboxylic acids is 2. The van der Waals surface area contributed by atoms with Crippen LogP contribution in [0.1, 0.15) is 6.92 Å². The molecule has 1 aliphatic heterocycles. The van der Waals surface area contributed by atoms with Gasteiger partial charge in [0.1, 0.15) is 12.2 Å². The van der Waals surface area contributed by atoms with Gasteiger partial charge in [-0.15, -0.1) is 0 Å². The summed E-state index contributed by atoms with van der Waals surface area (Å²) < 4.78 is 24.6. The van der Waals surface area contributed by atoms with Crippen LogP contribution in [0.4, 0.5) is 4.39 Å². The Hall–Kier alpha value is -1.08. The first-order chi connectivity index (χ1) is 9.38. The van der Waals surface area contributed by atoms with Gasteiger partial charge in [-0.1, -0.05) is 0 Å². The van der Waals surface area contributed by atoms with Crippen LogP contribution in [0.5, 0.6) is 0 Å². The fourth-order valence-corrected chi connectivity index (χ4v) is 2.06. The van der Waals surface area contributed by atoms with E-state index >= 15 is 0 Å². The van der Waals surface area contributed by atoms with E-state index in [4.69, 9.17) is 9.26 Å². The number of carbonyl (C=O) groups is 2. The quantitative estimate of drug-likeness (QED) is 0.386. The molecule has 5 atom stereocenters.